The van der Waals surface area contributed by atoms with E-state index in [0.717, 1.165) is 4.90 Å². The fourth-order valence-corrected chi connectivity index (χ4v) is 1.24. The molecule has 0 spiro atoms. The largest absolute Gasteiger partial charge is 0.480 e. The molecule has 1 aromatic rings. The van der Waals surface area contributed by atoms with Crippen molar-refractivity contribution in [2.24, 2.45) is 5.73 Å². The van der Waals surface area contributed by atoms with Gasteiger partial charge in [0.1, 0.15) is 13.1 Å². The highest BCUT2D eigenvalue weighted by Gasteiger charge is 2.21. The number of carbonyl (C=O) groups is 3. The molecule has 0 fully saturated rings. The van der Waals surface area contributed by atoms with Crippen molar-refractivity contribution in [3.8, 4) is 0 Å². The monoisotopic (exact) mass is 272 g/mol. The number of primary amides is 1. The van der Waals surface area contributed by atoms with Crippen molar-refractivity contribution in [1.82, 2.24) is 15.1 Å². The number of nitrogens with two attached hydrogens (primary N) is 1. The van der Waals surface area contributed by atoms with Gasteiger partial charge in [-0.05, 0) is 12.1 Å². The summed E-state index contributed by atoms with van der Waals surface area (Å²) < 4.78 is 0. The van der Waals surface area contributed by atoms with Crippen molar-refractivity contribution in [3.05, 3.63) is 23.0 Å². The molecule has 96 valence electrons. The molecule has 0 aliphatic rings. The predicted octanol–water partition coefficient (Wildman–Crippen LogP) is -0.858. The summed E-state index contributed by atoms with van der Waals surface area (Å²) >= 11 is 5.50. The molecule has 0 saturated carbocycles. The average molecular weight is 273 g/mol. The normalized spacial score (nSPS) is 9.83. The Bertz CT molecular complexity index is 460. The topological polar surface area (TPSA) is 126 Å². The van der Waals surface area contributed by atoms with Crippen molar-refractivity contribution in [3.63, 3.8) is 0 Å². The average Bonchev–Trinajstić information content (AvgIpc) is 2.27. The second-order valence-corrected chi connectivity index (χ2v) is 3.65. The van der Waals surface area contributed by atoms with Crippen molar-refractivity contribution < 1.29 is 19.5 Å². The maximum Gasteiger partial charge on any atom is 0.323 e. The Morgan fingerprint density at radius 2 is 1.94 bits per heavy atom. The quantitative estimate of drug-likeness (QED) is 0.718. The van der Waals surface area contributed by atoms with Gasteiger partial charge in [0.25, 0.3) is 5.91 Å². The number of aliphatic carboxylic acids is 1. The van der Waals surface area contributed by atoms with Crippen LogP contribution in [0.15, 0.2) is 12.1 Å². The van der Waals surface area contributed by atoms with Crippen LogP contribution in [0.4, 0.5) is 0 Å². The molecule has 0 atom stereocenters. The zero-order chi connectivity index (χ0) is 13.7. The fourth-order valence-electron chi connectivity index (χ4n) is 1.14. The molecule has 0 radical (unpaired) electrons. The number of nitrogens with zero attached hydrogens (tertiary/aromatic N) is 3. The molecule has 0 aliphatic heterocycles. The van der Waals surface area contributed by atoms with Gasteiger partial charge in [-0.15, -0.1) is 10.2 Å². The highest BCUT2D eigenvalue weighted by atomic mass is 35.5. The number of halogens is 1. The van der Waals surface area contributed by atoms with Crippen LogP contribution in [-0.2, 0) is 9.59 Å². The number of carboxylic acid groups (broad SMARTS) is 1. The SMILES string of the molecule is NC(=O)CN(CC(=O)O)C(=O)c1ccc(Cl)nn1. The van der Waals surface area contributed by atoms with E-state index >= 15 is 0 Å². The highest BCUT2D eigenvalue weighted by molar-refractivity contribution is 6.29. The van der Waals surface area contributed by atoms with E-state index in [0.29, 0.717) is 0 Å². The van der Waals surface area contributed by atoms with Crippen molar-refractivity contribution in [1.29, 1.82) is 0 Å². The summed E-state index contributed by atoms with van der Waals surface area (Å²) in [5, 5.41) is 15.7. The van der Waals surface area contributed by atoms with Gasteiger partial charge < -0.3 is 15.7 Å². The molecule has 1 rings (SSSR count). The van der Waals surface area contributed by atoms with Crippen LogP contribution in [0, 0.1) is 0 Å². The first-order valence-electron chi connectivity index (χ1n) is 4.68. The van der Waals surface area contributed by atoms with Crippen molar-refractivity contribution >= 4 is 29.4 Å². The lowest BCUT2D eigenvalue weighted by Crippen LogP contribution is -2.41. The summed E-state index contributed by atoms with van der Waals surface area (Å²) in [6, 6.07) is 2.60. The molecule has 0 aromatic carbocycles. The Balaban J connectivity index is 2.90. The van der Waals surface area contributed by atoms with Crippen LogP contribution in [-0.4, -0.2) is 51.1 Å². The van der Waals surface area contributed by atoms with Gasteiger partial charge >= 0.3 is 5.97 Å². The van der Waals surface area contributed by atoms with Crippen LogP contribution >= 0.6 is 11.6 Å². The molecule has 0 unspecified atom stereocenters. The number of rotatable bonds is 5. The van der Waals surface area contributed by atoms with E-state index in [4.69, 9.17) is 22.4 Å². The van der Waals surface area contributed by atoms with Gasteiger partial charge in [-0.2, -0.15) is 0 Å². The predicted molar refractivity (Wildman–Crippen MR) is 59.8 cm³/mol. The molecule has 3 N–H and O–H groups in total. The van der Waals surface area contributed by atoms with Gasteiger partial charge in [0, 0.05) is 0 Å². The molecular weight excluding hydrogens is 264 g/mol. The Labute approximate surface area is 106 Å². The number of hydrogen-bond acceptors (Lipinski definition) is 5. The number of amides is 2. The Morgan fingerprint density at radius 3 is 2.39 bits per heavy atom. The lowest BCUT2D eigenvalue weighted by Gasteiger charge is -2.17. The second kappa shape index (κ2) is 5.92. The van der Waals surface area contributed by atoms with Crippen molar-refractivity contribution in [2.45, 2.75) is 0 Å². The standard InChI is InChI=1S/C9H9ClN4O4/c10-6-2-1-5(12-13-6)9(18)14(3-7(11)15)4-8(16)17/h1-2H,3-4H2,(H2,11,15)(H,16,17). The van der Waals surface area contributed by atoms with Gasteiger partial charge in [-0.3, -0.25) is 14.4 Å². The first kappa shape index (κ1) is 13.8. The minimum absolute atomic E-state index is 0.0891. The summed E-state index contributed by atoms with van der Waals surface area (Å²) in [5.74, 6) is -2.86. The number of carbonyl (C=O) groups excluding carboxylic acids is 2. The van der Waals surface area contributed by atoms with E-state index in [1.807, 2.05) is 0 Å². The van der Waals surface area contributed by atoms with E-state index < -0.39 is 30.9 Å². The number of hydrogen-bond donors (Lipinski definition) is 2. The summed E-state index contributed by atoms with van der Waals surface area (Å²) in [7, 11) is 0. The Morgan fingerprint density at radius 1 is 1.28 bits per heavy atom. The molecule has 9 heteroatoms. The third-order valence-corrected chi connectivity index (χ3v) is 2.01. The maximum atomic E-state index is 11.8. The summed E-state index contributed by atoms with van der Waals surface area (Å²) in [4.78, 5) is 33.9. The minimum atomic E-state index is -1.27. The Kier molecular flexibility index (Phi) is 4.55. The molecule has 2 amide bonds. The van der Waals surface area contributed by atoms with E-state index in [-0.39, 0.29) is 10.8 Å². The lowest BCUT2D eigenvalue weighted by atomic mass is 10.3. The smallest absolute Gasteiger partial charge is 0.323 e. The third kappa shape index (κ3) is 3.98. The third-order valence-electron chi connectivity index (χ3n) is 1.81. The number of aromatic nitrogens is 2. The molecule has 0 aliphatic carbocycles. The van der Waals surface area contributed by atoms with Crippen LogP contribution in [0.2, 0.25) is 5.15 Å². The van der Waals surface area contributed by atoms with Gasteiger partial charge in [-0.25, -0.2) is 0 Å². The van der Waals surface area contributed by atoms with Crippen LogP contribution in [0.25, 0.3) is 0 Å². The number of carboxylic acids is 1. The van der Waals surface area contributed by atoms with Crippen LogP contribution < -0.4 is 5.73 Å². The maximum absolute atomic E-state index is 11.8. The zero-order valence-corrected chi connectivity index (χ0v) is 9.79. The molecule has 0 saturated heterocycles. The zero-order valence-electron chi connectivity index (χ0n) is 9.04. The molecule has 1 aromatic heterocycles. The van der Waals surface area contributed by atoms with Gasteiger partial charge in [0.15, 0.2) is 10.8 Å². The summed E-state index contributed by atoms with van der Waals surface area (Å²) in [6.07, 6.45) is 0. The molecule has 18 heavy (non-hydrogen) atoms. The van der Waals surface area contributed by atoms with Gasteiger partial charge in [-0.1, -0.05) is 11.6 Å². The van der Waals surface area contributed by atoms with Crippen LogP contribution in [0.3, 0.4) is 0 Å². The molecule has 1 heterocycles. The lowest BCUT2D eigenvalue weighted by molar-refractivity contribution is -0.138. The first-order chi connectivity index (χ1) is 8.40. The molecular formula is C9H9ClN4O4. The van der Waals surface area contributed by atoms with Gasteiger partial charge in [0.05, 0.1) is 0 Å². The fraction of sp³-hybridized carbons (Fsp3) is 0.222. The molecule has 8 nitrogen and oxygen atoms in total. The van der Waals surface area contributed by atoms with Crippen LogP contribution in [0.1, 0.15) is 10.5 Å². The molecule has 0 bridgehead atoms. The first-order valence-corrected chi connectivity index (χ1v) is 5.06. The Hall–Kier alpha value is -2.22. The van der Waals surface area contributed by atoms with E-state index in [9.17, 15) is 14.4 Å². The van der Waals surface area contributed by atoms with Gasteiger partial charge in [0.2, 0.25) is 5.91 Å². The second-order valence-electron chi connectivity index (χ2n) is 3.26. The van der Waals surface area contributed by atoms with Crippen LogP contribution in [0.5, 0.6) is 0 Å². The summed E-state index contributed by atoms with van der Waals surface area (Å²) in [6.45, 7) is -1.18. The summed E-state index contributed by atoms with van der Waals surface area (Å²) in [5.41, 5.74) is 4.80. The minimum Gasteiger partial charge on any atom is -0.480 e. The van der Waals surface area contributed by atoms with Crippen molar-refractivity contribution in [2.75, 3.05) is 13.1 Å². The highest BCUT2D eigenvalue weighted by Crippen LogP contribution is 2.05. The van der Waals surface area contributed by atoms with E-state index in [1.54, 1.807) is 0 Å². The van der Waals surface area contributed by atoms with E-state index in [2.05, 4.69) is 10.2 Å². The van der Waals surface area contributed by atoms with E-state index in [1.165, 1.54) is 12.1 Å².